The van der Waals surface area contributed by atoms with Crippen LogP contribution in [0.15, 0.2) is 6.33 Å². The quantitative estimate of drug-likeness (QED) is 0.640. The van der Waals surface area contributed by atoms with Crippen LogP contribution in [0.3, 0.4) is 0 Å². The summed E-state index contributed by atoms with van der Waals surface area (Å²) in [5.74, 6) is 0.0349. The molecule has 106 valence electrons. The van der Waals surface area contributed by atoms with Crippen molar-refractivity contribution in [2.75, 3.05) is 6.61 Å². The Labute approximate surface area is 126 Å². The van der Waals surface area contributed by atoms with E-state index in [1.165, 1.54) is 16.8 Å². The lowest BCUT2D eigenvalue weighted by atomic mass is 9.84. The number of thiophene rings is 1. The summed E-state index contributed by atoms with van der Waals surface area (Å²) in [5, 5.41) is 1.42. The Morgan fingerprint density at radius 3 is 3.20 bits per heavy atom. The normalized spacial score (nSPS) is 18.0. The fraction of sp³-hybridized carbons (Fsp3) is 0.500. The van der Waals surface area contributed by atoms with Gasteiger partial charge in [0.15, 0.2) is 0 Å². The first-order valence-electron chi connectivity index (χ1n) is 6.78. The molecule has 0 saturated heterocycles. The lowest BCUT2D eigenvalue weighted by molar-refractivity contribution is -0.143. The molecule has 0 bridgehead atoms. The summed E-state index contributed by atoms with van der Waals surface area (Å²) in [6.45, 7) is 2.25. The van der Waals surface area contributed by atoms with E-state index in [2.05, 4.69) is 9.97 Å². The standard InChI is InChI=1S/C14H15ClN2O2S/c1-2-19-10(18)6-8-4-3-5-9-11(8)12-13(15)16-7-17-14(12)20-9/h7-8H,2-6H2,1H3. The van der Waals surface area contributed by atoms with Crippen molar-refractivity contribution in [2.24, 2.45) is 0 Å². The van der Waals surface area contributed by atoms with Gasteiger partial charge in [0.1, 0.15) is 16.3 Å². The van der Waals surface area contributed by atoms with Gasteiger partial charge in [0.25, 0.3) is 0 Å². The SMILES string of the molecule is CCOC(=O)CC1CCCc2sc3ncnc(Cl)c3c21. The largest absolute Gasteiger partial charge is 0.466 e. The highest BCUT2D eigenvalue weighted by Crippen LogP contribution is 2.44. The number of ether oxygens (including phenoxy) is 1. The van der Waals surface area contributed by atoms with Crippen molar-refractivity contribution in [1.82, 2.24) is 9.97 Å². The number of esters is 1. The molecule has 20 heavy (non-hydrogen) atoms. The lowest BCUT2D eigenvalue weighted by Crippen LogP contribution is -2.14. The zero-order chi connectivity index (χ0) is 14.1. The van der Waals surface area contributed by atoms with Crippen molar-refractivity contribution in [3.8, 4) is 0 Å². The van der Waals surface area contributed by atoms with Crippen molar-refractivity contribution in [3.63, 3.8) is 0 Å². The number of nitrogens with zero attached hydrogens (tertiary/aromatic N) is 2. The number of aryl methyl sites for hydroxylation is 1. The number of aromatic nitrogens is 2. The summed E-state index contributed by atoms with van der Waals surface area (Å²) in [5.41, 5.74) is 1.18. The first-order valence-corrected chi connectivity index (χ1v) is 7.97. The molecule has 6 heteroatoms. The molecule has 1 unspecified atom stereocenters. The number of rotatable bonds is 3. The number of halogens is 1. The number of hydrogen-bond donors (Lipinski definition) is 0. The summed E-state index contributed by atoms with van der Waals surface area (Å²) < 4.78 is 5.08. The van der Waals surface area contributed by atoms with Gasteiger partial charge in [-0.2, -0.15) is 0 Å². The van der Waals surface area contributed by atoms with Gasteiger partial charge in [0.05, 0.1) is 18.4 Å². The Bertz CT molecular complexity index is 656. The van der Waals surface area contributed by atoms with E-state index in [9.17, 15) is 4.79 Å². The van der Waals surface area contributed by atoms with Gasteiger partial charge in [-0.25, -0.2) is 9.97 Å². The number of carbonyl (C=O) groups is 1. The Hall–Kier alpha value is -1.20. The Kier molecular flexibility index (Phi) is 3.89. The summed E-state index contributed by atoms with van der Waals surface area (Å²) in [6, 6.07) is 0. The molecule has 2 aromatic heterocycles. The minimum atomic E-state index is -0.141. The minimum absolute atomic E-state index is 0.141. The van der Waals surface area contributed by atoms with E-state index < -0.39 is 0 Å². The summed E-state index contributed by atoms with van der Waals surface area (Å²) >= 11 is 7.91. The minimum Gasteiger partial charge on any atom is -0.466 e. The van der Waals surface area contributed by atoms with Crippen molar-refractivity contribution in [2.45, 2.75) is 38.5 Å². The second-order valence-electron chi connectivity index (χ2n) is 4.88. The van der Waals surface area contributed by atoms with Gasteiger partial charge in [-0.3, -0.25) is 4.79 Å². The van der Waals surface area contributed by atoms with Gasteiger partial charge in [-0.1, -0.05) is 11.6 Å². The molecular weight excluding hydrogens is 296 g/mol. The molecule has 0 amide bonds. The van der Waals surface area contributed by atoms with Crippen LogP contribution in [-0.4, -0.2) is 22.5 Å². The van der Waals surface area contributed by atoms with Crippen LogP contribution in [-0.2, 0) is 16.0 Å². The maximum Gasteiger partial charge on any atom is 0.306 e. The highest BCUT2D eigenvalue weighted by molar-refractivity contribution is 7.19. The van der Waals surface area contributed by atoms with E-state index in [4.69, 9.17) is 16.3 Å². The van der Waals surface area contributed by atoms with Crippen LogP contribution in [0, 0.1) is 0 Å². The molecule has 1 aliphatic carbocycles. The van der Waals surface area contributed by atoms with E-state index in [0.29, 0.717) is 18.2 Å². The van der Waals surface area contributed by atoms with Crippen LogP contribution in [0.1, 0.15) is 42.5 Å². The average Bonchev–Trinajstić information content (AvgIpc) is 2.79. The Balaban J connectivity index is 2.02. The van der Waals surface area contributed by atoms with Crippen molar-refractivity contribution >= 4 is 39.1 Å². The number of carbonyl (C=O) groups excluding carboxylic acids is 1. The third-order valence-corrected chi connectivity index (χ3v) is 5.10. The fourth-order valence-electron chi connectivity index (χ4n) is 2.86. The van der Waals surface area contributed by atoms with Crippen LogP contribution < -0.4 is 0 Å². The first kappa shape index (κ1) is 13.8. The van der Waals surface area contributed by atoms with Gasteiger partial charge in [0.2, 0.25) is 0 Å². The molecule has 0 saturated carbocycles. The fourth-order valence-corrected chi connectivity index (χ4v) is 4.42. The molecule has 4 nitrogen and oxygen atoms in total. The zero-order valence-electron chi connectivity index (χ0n) is 11.2. The summed E-state index contributed by atoms with van der Waals surface area (Å²) in [4.78, 5) is 22.4. The monoisotopic (exact) mass is 310 g/mol. The van der Waals surface area contributed by atoms with Gasteiger partial charge in [0, 0.05) is 4.88 Å². The molecule has 2 aromatic rings. The maximum absolute atomic E-state index is 11.8. The summed E-state index contributed by atoms with van der Waals surface area (Å²) in [7, 11) is 0. The van der Waals surface area contributed by atoms with Crippen LogP contribution in [0.4, 0.5) is 0 Å². The molecule has 0 N–H and O–H groups in total. The molecule has 0 fully saturated rings. The number of fused-ring (bicyclic) bond motifs is 3. The first-order chi connectivity index (χ1) is 9.70. The van der Waals surface area contributed by atoms with Crippen molar-refractivity contribution in [1.29, 1.82) is 0 Å². The third-order valence-electron chi connectivity index (χ3n) is 3.64. The topological polar surface area (TPSA) is 52.1 Å². The predicted molar refractivity (Wildman–Crippen MR) is 79.4 cm³/mol. The van der Waals surface area contributed by atoms with Gasteiger partial charge in [-0.05, 0) is 37.7 Å². The molecule has 2 heterocycles. The second-order valence-corrected chi connectivity index (χ2v) is 6.32. The predicted octanol–water partition coefficient (Wildman–Crippen LogP) is 3.72. The van der Waals surface area contributed by atoms with E-state index in [0.717, 1.165) is 29.5 Å². The van der Waals surface area contributed by atoms with E-state index in [-0.39, 0.29) is 11.9 Å². The average molecular weight is 311 g/mol. The maximum atomic E-state index is 11.8. The lowest BCUT2D eigenvalue weighted by Gasteiger charge is -2.22. The smallest absolute Gasteiger partial charge is 0.306 e. The number of hydrogen-bond acceptors (Lipinski definition) is 5. The third kappa shape index (κ3) is 2.40. The Morgan fingerprint density at radius 1 is 1.55 bits per heavy atom. The molecule has 1 atom stereocenters. The Morgan fingerprint density at radius 2 is 2.40 bits per heavy atom. The molecule has 0 aliphatic heterocycles. The second kappa shape index (κ2) is 5.66. The summed E-state index contributed by atoms with van der Waals surface area (Å²) in [6.07, 6.45) is 5.02. The van der Waals surface area contributed by atoms with Gasteiger partial charge >= 0.3 is 5.97 Å². The highest BCUT2D eigenvalue weighted by atomic mass is 35.5. The van der Waals surface area contributed by atoms with Crippen LogP contribution in [0.25, 0.3) is 10.2 Å². The van der Waals surface area contributed by atoms with Crippen LogP contribution >= 0.6 is 22.9 Å². The van der Waals surface area contributed by atoms with Crippen LogP contribution in [0.5, 0.6) is 0 Å². The van der Waals surface area contributed by atoms with Crippen molar-refractivity contribution in [3.05, 3.63) is 21.9 Å². The van der Waals surface area contributed by atoms with Gasteiger partial charge in [-0.15, -0.1) is 11.3 Å². The van der Waals surface area contributed by atoms with Gasteiger partial charge < -0.3 is 4.74 Å². The molecule has 0 radical (unpaired) electrons. The van der Waals surface area contributed by atoms with Crippen LogP contribution in [0.2, 0.25) is 5.15 Å². The molecule has 1 aliphatic rings. The molecular formula is C14H15ClN2O2S. The molecule has 0 spiro atoms. The zero-order valence-corrected chi connectivity index (χ0v) is 12.8. The van der Waals surface area contributed by atoms with Crippen molar-refractivity contribution < 1.29 is 9.53 Å². The molecule has 0 aromatic carbocycles. The van der Waals surface area contributed by atoms with E-state index in [1.807, 2.05) is 6.92 Å². The van der Waals surface area contributed by atoms with E-state index in [1.54, 1.807) is 11.3 Å². The molecule has 3 rings (SSSR count). The highest BCUT2D eigenvalue weighted by Gasteiger charge is 2.29. The van der Waals surface area contributed by atoms with E-state index >= 15 is 0 Å².